The summed E-state index contributed by atoms with van der Waals surface area (Å²) in [6.07, 6.45) is 0. The smallest absolute Gasteiger partial charge is 0.207 e. The van der Waals surface area contributed by atoms with Gasteiger partial charge >= 0.3 is 0 Å². The average molecular weight is 305 g/mol. The predicted molar refractivity (Wildman–Crippen MR) is 69.9 cm³/mol. The van der Waals surface area contributed by atoms with E-state index in [-0.39, 0.29) is 10.5 Å². The van der Waals surface area contributed by atoms with Gasteiger partial charge in [0, 0.05) is 21.3 Å². The van der Waals surface area contributed by atoms with Gasteiger partial charge in [-0.05, 0) is 35.9 Å². The molecule has 0 radical (unpaired) electrons. The zero-order valence-corrected chi connectivity index (χ0v) is 11.2. The number of hydrogen-bond acceptors (Lipinski definition) is 2. The van der Waals surface area contributed by atoms with E-state index >= 15 is 0 Å². The molecular formula is C12H7Cl2FO2S. The molecule has 0 N–H and O–H groups in total. The van der Waals surface area contributed by atoms with Gasteiger partial charge in [0.1, 0.15) is 5.82 Å². The summed E-state index contributed by atoms with van der Waals surface area (Å²) in [5.41, 5.74) is 0.736. The molecule has 0 bridgehead atoms. The average Bonchev–Trinajstić information content (AvgIpc) is 2.28. The molecule has 6 heteroatoms. The van der Waals surface area contributed by atoms with Gasteiger partial charge in [-0.15, -0.1) is 0 Å². The first-order valence-electron chi connectivity index (χ1n) is 4.88. The van der Waals surface area contributed by atoms with Gasteiger partial charge in [0.2, 0.25) is 0 Å². The minimum Gasteiger partial charge on any atom is -0.207 e. The fraction of sp³-hybridized carbons (Fsp3) is 0. The third-order valence-corrected chi connectivity index (χ3v) is 3.99. The lowest BCUT2D eigenvalue weighted by molar-refractivity contribution is 0.608. The van der Waals surface area contributed by atoms with Gasteiger partial charge in [-0.25, -0.2) is 12.8 Å². The molecule has 0 aliphatic heterocycles. The van der Waals surface area contributed by atoms with Crippen LogP contribution in [0.3, 0.4) is 0 Å². The topological polar surface area (TPSA) is 34.1 Å². The summed E-state index contributed by atoms with van der Waals surface area (Å²) in [5, 5.41) is 0.505. The number of hydrogen-bond donors (Lipinski definition) is 0. The molecule has 2 rings (SSSR count). The van der Waals surface area contributed by atoms with Crippen molar-refractivity contribution in [2.24, 2.45) is 0 Å². The van der Waals surface area contributed by atoms with E-state index in [1.807, 2.05) is 0 Å². The second-order valence-electron chi connectivity index (χ2n) is 3.59. The predicted octanol–water partition coefficient (Wildman–Crippen LogP) is 4.07. The Morgan fingerprint density at radius 2 is 1.61 bits per heavy atom. The fourth-order valence-electron chi connectivity index (χ4n) is 1.57. The summed E-state index contributed by atoms with van der Waals surface area (Å²) < 4.78 is 36.1. The molecule has 0 unspecified atom stereocenters. The highest BCUT2D eigenvalue weighted by Gasteiger charge is 2.17. The highest BCUT2D eigenvalue weighted by atomic mass is 35.7. The minimum atomic E-state index is -3.94. The van der Waals surface area contributed by atoms with Crippen LogP contribution < -0.4 is 0 Å². The van der Waals surface area contributed by atoms with Gasteiger partial charge in [0.15, 0.2) is 0 Å². The lowest BCUT2D eigenvalue weighted by Gasteiger charge is -2.07. The van der Waals surface area contributed by atoms with E-state index in [0.717, 1.165) is 18.2 Å². The number of rotatable bonds is 2. The van der Waals surface area contributed by atoms with Crippen LogP contribution in [0.5, 0.6) is 0 Å². The van der Waals surface area contributed by atoms with Crippen molar-refractivity contribution in [1.29, 1.82) is 0 Å². The van der Waals surface area contributed by atoms with Crippen LogP contribution in [-0.4, -0.2) is 8.42 Å². The monoisotopic (exact) mass is 304 g/mol. The third-order valence-electron chi connectivity index (χ3n) is 2.36. The van der Waals surface area contributed by atoms with E-state index in [2.05, 4.69) is 0 Å². The normalized spacial score (nSPS) is 11.5. The first-order valence-corrected chi connectivity index (χ1v) is 7.57. The van der Waals surface area contributed by atoms with Gasteiger partial charge in [0.05, 0.1) is 4.90 Å². The summed E-state index contributed by atoms with van der Waals surface area (Å²) in [5.74, 6) is -0.538. The van der Waals surface area contributed by atoms with Gasteiger partial charge in [-0.1, -0.05) is 23.7 Å². The Bertz CT molecular complexity index is 682. The Morgan fingerprint density at radius 3 is 2.17 bits per heavy atom. The highest BCUT2D eigenvalue weighted by molar-refractivity contribution is 8.13. The molecule has 94 valence electrons. The minimum absolute atomic E-state index is 0.132. The van der Waals surface area contributed by atoms with Crippen molar-refractivity contribution in [3.63, 3.8) is 0 Å². The van der Waals surface area contributed by atoms with E-state index < -0.39 is 14.9 Å². The molecular weight excluding hydrogens is 298 g/mol. The highest BCUT2D eigenvalue weighted by Crippen LogP contribution is 2.31. The second-order valence-corrected chi connectivity index (χ2v) is 6.56. The van der Waals surface area contributed by atoms with Crippen molar-refractivity contribution < 1.29 is 12.8 Å². The third kappa shape index (κ3) is 2.83. The maximum atomic E-state index is 13.2. The summed E-state index contributed by atoms with van der Waals surface area (Å²) in [6, 6.07) is 9.69. The maximum absolute atomic E-state index is 13.2. The quantitative estimate of drug-likeness (QED) is 0.784. The van der Waals surface area contributed by atoms with Crippen LogP contribution in [0.25, 0.3) is 11.1 Å². The zero-order chi connectivity index (χ0) is 13.3. The first-order chi connectivity index (χ1) is 8.38. The van der Waals surface area contributed by atoms with Crippen molar-refractivity contribution >= 4 is 31.3 Å². The molecule has 0 saturated heterocycles. The number of halogens is 3. The molecule has 2 aromatic rings. The van der Waals surface area contributed by atoms with Crippen molar-refractivity contribution in [2.75, 3.05) is 0 Å². The number of benzene rings is 2. The summed E-state index contributed by atoms with van der Waals surface area (Å²) in [4.78, 5) is -0.132. The van der Waals surface area contributed by atoms with Crippen LogP contribution in [-0.2, 0) is 9.05 Å². The molecule has 0 spiro atoms. The molecule has 0 aliphatic carbocycles. The Balaban J connectivity index is 2.69. The van der Waals surface area contributed by atoms with E-state index in [4.69, 9.17) is 22.3 Å². The molecule has 2 aromatic carbocycles. The van der Waals surface area contributed by atoms with Crippen LogP contribution in [0.1, 0.15) is 0 Å². The fourth-order valence-corrected chi connectivity index (χ4v) is 2.77. The van der Waals surface area contributed by atoms with Crippen LogP contribution in [0.2, 0.25) is 5.02 Å². The van der Waals surface area contributed by atoms with Gasteiger partial charge in [0.25, 0.3) is 9.05 Å². The second kappa shape index (κ2) is 4.88. The Hall–Kier alpha value is -1.10. The van der Waals surface area contributed by atoms with E-state index in [9.17, 15) is 12.8 Å². The molecule has 0 fully saturated rings. The summed E-state index contributed by atoms with van der Waals surface area (Å²) >= 11 is 5.74. The molecule has 0 aromatic heterocycles. The molecule has 0 saturated carbocycles. The first kappa shape index (κ1) is 13.3. The van der Waals surface area contributed by atoms with Crippen LogP contribution in [0, 0.1) is 5.82 Å². The van der Waals surface area contributed by atoms with E-state index in [1.54, 1.807) is 24.3 Å². The largest absolute Gasteiger partial charge is 0.261 e. The lowest BCUT2D eigenvalue weighted by Crippen LogP contribution is -1.95. The van der Waals surface area contributed by atoms with Crippen LogP contribution in [0.15, 0.2) is 47.4 Å². The summed E-state index contributed by atoms with van der Waals surface area (Å²) in [7, 11) is 1.38. The molecule has 0 atom stereocenters. The lowest BCUT2D eigenvalue weighted by atomic mass is 10.1. The van der Waals surface area contributed by atoms with Gasteiger partial charge < -0.3 is 0 Å². The summed E-state index contributed by atoms with van der Waals surface area (Å²) in [6.45, 7) is 0. The Morgan fingerprint density at radius 1 is 1.00 bits per heavy atom. The Labute approximate surface area is 113 Å². The molecule has 0 aliphatic rings. The van der Waals surface area contributed by atoms with E-state index in [1.165, 1.54) is 0 Å². The van der Waals surface area contributed by atoms with Gasteiger partial charge in [-0.3, -0.25) is 0 Å². The van der Waals surface area contributed by atoms with Crippen molar-refractivity contribution in [3.05, 3.63) is 53.3 Å². The maximum Gasteiger partial charge on any atom is 0.261 e. The molecule has 0 amide bonds. The zero-order valence-electron chi connectivity index (χ0n) is 8.90. The Kier molecular flexibility index (Phi) is 3.61. The van der Waals surface area contributed by atoms with Crippen molar-refractivity contribution in [2.45, 2.75) is 4.90 Å². The standard InChI is InChI=1S/C12H7Cl2FO2S/c13-9-3-1-8(2-4-9)11-7-10(15)5-6-12(11)18(14,16)17/h1-7H. The molecule has 0 heterocycles. The SMILES string of the molecule is O=S(=O)(Cl)c1ccc(F)cc1-c1ccc(Cl)cc1. The molecule has 2 nitrogen and oxygen atoms in total. The van der Waals surface area contributed by atoms with E-state index in [0.29, 0.717) is 10.6 Å². The van der Waals surface area contributed by atoms with Crippen LogP contribution >= 0.6 is 22.3 Å². The van der Waals surface area contributed by atoms with Crippen molar-refractivity contribution in [1.82, 2.24) is 0 Å². The molecule has 18 heavy (non-hydrogen) atoms. The van der Waals surface area contributed by atoms with Gasteiger partial charge in [-0.2, -0.15) is 0 Å². The van der Waals surface area contributed by atoms with Crippen molar-refractivity contribution in [3.8, 4) is 11.1 Å². The van der Waals surface area contributed by atoms with Crippen LogP contribution in [0.4, 0.5) is 4.39 Å².